The Labute approximate surface area is 250 Å². The number of benzene rings is 1. The number of nitrogens with zero attached hydrogens (tertiary/aromatic N) is 1. The molecule has 224 valence electrons. The molecular weight excluding hydrogens is 554 g/mol. The molecule has 8 nitrogen and oxygen atoms in total. The predicted octanol–water partition coefficient (Wildman–Crippen LogP) is 5.67. The Morgan fingerprint density at radius 1 is 1.24 bits per heavy atom. The molecule has 2 heterocycles. The van der Waals surface area contributed by atoms with Crippen molar-refractivity contribution in [2.75, 3.05) is 12.4 Å². The molecule has 3 saturated carbocycles. The minimum absolute atomic E-state index is 0.0196. The van der Waals surface area contributed by atoms with Gasteiger partial charge in [-0.05, 0) is 82.6 Å². The highest BCUT2D eigenvalue weighted by atomic mass is 32.2. The fraction of sp³-hybridized carbons (Fsp3) is 0.606. The van der Waals surface area contributed by atoms with E-state index >= 15 is 0 Å². The zero-order valence-electron chi connectivity index (χ0n) is 24.8. The van der Waals surface area contributed by atoms with Crippen LogP contribution in [-0.2, 0) is 19.1 Å². The molecule has 1 aliphatic heterocycles. The minimum Gasteiger partial charge on any atom is -0.494 e. The second-order valence-electron chi connectivity index (χ2n) is 13.5. The number of Topliss-reactive ketones (excluding diaryl/α,β-unsaturated/α-hetero) is 1. The molecule has 42 heavy (non-hydrogen) atoms. The van der Waals surface area contributed by atoms with Gasteiger partial charge in [0.25, 0.3) is 5.22 Å². The second-order valence-corrected chi connectivity index (χ2v) is 14.5. The van der Waals surface area contributed by atoms with Gasteiger partial charge in [0.15, 0.2) is 28.5 Å². The summed E-state index contributed by atoms with van der Waals surface area (Å²) < 4.78 is 24.8. The molecule has 0 bridgehead atoms. The first kappa shape index (κ1) is 28.3. The van der Waals surface area contributed by atoms with Crippen molar-refractivity contribution in [3.63, 3.8) is 0 Å². The molecule has 1 N–H and O–H groups in total. The van der Waals surface area contributed by atoms with E-state index in [1.54, 1.807) is 12.2 Å². The second kappa shape index (κ2) is 9.52. The fourth-order valence-corrected chi connectivity index (χ4v) is 10.1. The highest BCUT2D eigenvalue weighted by Crippen LogP contribution is 2.70. The van der Waals surface area contributed by atoms with Crippen LogP contribution < -0.4 is 4.74 Å². The molecule has 9 heteroatoms. The van der Waals surface area contributed by atoms with Crippen LogP contribution in [0.2, 0.25) is 0 Å². The smallest absolute Gasteiger partial charge is 0.257 e. The molecule has 0 radical (unpaired) electrons. The van der Waals surface area contributed by atoms with E-state index in [1.807, 2.05) is 45.0 Å². The number of thioether (sulfide) groups is 1. The summed E-state index contributed by atoms with van der Waals surface area (Å²) in [5.41, 5.74) is 0.239. The van der Waals surface area contributed by atoms with Crippen molar-refractivity contribution in [2.45, 2.75) is 89.1 Å². The molecule has 8 atom stereocenters. The lowest BCUT2D eigenvalue weighted by atomic mass is 9.46. The first-order chi connectivity index (χ1) is 19.9. The highest BCUT2D eigenvalue weighted by Gasteiger charge is 2.76. The summed E-state index contributed by atoms with van der Waals surface area (Å²) in [7, 11) is 0. The van der Waals surface area contributed by atoms with E-state index in [4.69, 9.17) is 18.6 Å². The number of allylic oxidation sites excluding steroid dienone is 4. The predicted molar refractivity (Wildman–Crippen MR) is 157 cm³/mol. The molecular formula is C33H39NO7S. The Morgan fingerprint density at radius 3 is 2.83 bits per heavy atom. The molecule has 1 saturated heterocycles. The summed E-state index contributed by atoms with van der Waals surface area (Å²) in [6.07, 6.45) is 7.17. The van der Waals surface area contributed by atoms with Gasteiger partial charge in [-0.15, -0.1) is 0 Å². The monoisotopic (exact) mass is 593 g/mol. The zero-order chi connectivity index (χ0) is 29.7. The third-order valence-corrected chi connectivity index (χ3v) is 11.7. The van der Waals surface area contributed by atoms with Crippen LogP contribution in [0.1, 0.15) is 60.3 Å². The van der Waals surface area contributed by atoms with Gasteiger partial charge in [0.05, 0.1) is 24.6 Å². The topological polar surface area (TPSA) is 108 Å². The Balaban J connectivity index is 1.19. The van der Waals surface area contributed by atoms with E-state index in [1.165, 1.54) is 11.8 Å². The van der Waals surface area contributed by atoms with Crippen molar-refractivity contribution < 1.29 is 33.3 Å². The van der Waals surface area contributed by atoms with E-state index in [2.05, 4.69) is 18.8 Å². The number of ether oxygens (including phenoxy) is 3. The number of aliphatic hydroxyl groups is 1. The third-order valence-electron chi connectivity index (χ3n) is 10.9. The van der Waals surface area contributed by atoms with Gasteiger partial charge in [-0.2, -0.15) is 0 Å². The van der Waals surface area contributed by atoms with Gasteiger partial charge in [0.1, 0.15) is 11.3 Å². The maximum Gasteiger partial charge on any atom is 0.257 e. The standard InChI is InChI=1S/C33H39NO7S/c1-6-38-20-8-10-25-23(14-20)34-29(39-25)42-17-26(37)33-27(40-30(2,3)41-33)15-22-21-9-7-18-13-19(35)11-12-31(18,4)28(21)24(36)16-32(22,33)5/h8,10-14,21-22,24,27-28,36H,6-7,9,15-17H2,1-5H3/t21?,22?,24-,27-,28?,31?,32?,33+/m0/s1. The van der Waals surface area contributed by atoms with Crippen LogP contribution in [0.25, 0.3) is 11.1 Å². The lowest BCUT2D eigenvalue weighted by Crippen LogP contribution is -2.63. The molecule has 1 aromatic carbocycles. The Hall–Kier alpha value is -2.46. The number of hydrogen-bond acceptors (Lipinski definition) is 9. The van der Waals surface area contributed by atoms with Crippen molar-refractivity contribution in [3.05, 3.63) is 42.0 Å². The summed E-state index contributed by atoms with van der Waals surface area (Å²) >= 11 is 1.27. The number of aliphatic hydroxyl groups excluding tert-OH is 1. The minimum atomic E-state index is -1.19. The summed E-state index contributed by atoms with van der Waals surface area (Å²) in [5, 5.41) is 12.3. The molecule has 5 unspecified atom stereocenters. The first-order valence-electron chi connectivity index (χ1n) is 15.1. The highest BCUT2D eigenvalue weighted by molar-refractivity contribution is 7.99. The van der Waals surface area contributed by atoms with Gasteiger partial charge in [-0.25, -0.2) is 4.98 Å². The van der Waals surface area contributed by atoms with Crippen LogP contribution in [0.5, 0.6) is 5.75 Å². The van der Waals surface area contributed by atoms with E-state index in [9.17, 15) is 14.7 Å². The largest absolute Gasteiger partial charge is 0.494 e. The zero-order valence-corrected chi connectivity index (χ0v) is 25.7. The molecule has 7 rings (SSSR count). The van der Waals surface area contributed by atoms with Gasteiger partial charge in [-0.3, -0.25) is 9.59 Å². The van der Waals surface area contributed by atoms with Crippen LogP contribution in [0.3, 0.4) is 0 Å². The Bertz CT molecular complexity index is 1530. The first-order valence-corrected chi connectivity index (χ1v) is 16.1. The van der Waals surface area contributed by atoms with Crippen molar-refractivity contribution >= 4 is 34.4 Å². The molecule has 5 aliphatic rings. The van der Waals surface area contributed by atoms with Crippen LogP contribution in [0.15, 0.2) is 51.6 Å². The number of fused-ring (bicyclic) bond motifs is 8. The number of oxazole rings is 1. The number of hydrogen-bond donors (Lipinski definition) is 1. The van der Waals surface area contributed by atoms with Gasteiger partial charge in [-0.1, -0.05) is 37.3 Å². The van der Waals surface area contributed by atoms with Crippen molar-refractivity contribution in [3.8, 4) is 5.75 Å². The van der Waals surface area contributed by atoms with Gasteiger partial charge >= 0.3 is 0 Å². The average Bonchev–Trinajstić information content (AvgIpc) is 3.53. The van der Waals surface area contributed by atoms with Crippen LogP contribution in [-0.4, -0.2) is 57.6 Å². The number of rotatable bonds is 6. The lowest BCUT2D eigenvalue weighted by molar-refractivity contribution is -0.223. The van der Waals surface area contributed by atoms with Gasteiger partial charge in [0, 0.05) is 22.8 Å². The van der Waals surface area contributed by atoms with E-state index in [0.29, 0.717) is 35.8 Å². The van der Waals surface area contributed by atoms with Crippen LogP contribution >= 0.6 is 11.8 Å². The maximum atomic E-state index is 14.5. The quantitative estimate of drug-likeness (QED) is 0.424. The summed E-state index contributed by atoms with van der Waals surface area (Å²) in [4.78, 5) is 31.2. The maximum absolute atomic E-state index is 14.5. The average molecular weight is 594 g/mol. The number of carbonyl (C=O) groups is 2. The molecule has 4 aliphatic carbocycles. The van der Waals surface area contributed by atoms with E-state index in [0.717, 1.165) is 24.2 Å². The Kier molecular flexibility index (Phi) is 6.42. The fourth-order valence-electron chi connectivity index (χ4n) is 9.36. The Morgan fingerprint density at radius 2 is 2.05 bits per heavy atom. The normalized spacial score (nSPS) is 39.8. The molecule has 0 spiro atoms. The lowest BCUT2D eigenvalue weighted by Gasteiger charge is -2.60. The SMILES string of the molecule is CCOc1ccc2oc(SCC(=O)[C@@]34OC(C)(C)O[C@H]3CC3C5CCC6=CC(=O)C=CC6(C)C5[C@@H](O)CC34C)nc2c1. The summed E-state index contributed by atoms with van der Waals surface area (Å²) in [6.45, 7) is 10.5. The van der Waals surface area contributed by atoms with Gasteiger partial charge < -0.3 is 23.7 Å². The van der Waals surface area contributed by atoms with E-state index in [-0.39, 0.29) is 40.5 Å². The molecule has 4 fully saturated rings. The van der Waals surface area contributed by atoms with Crippen molar-refractivity contribution in [1.82, 2.24) is 4.98 Å². The van der Waals surface area contributed by atoms with Crippen LogP contribution in [0.4, 0.5) is 0 Å². The molecule has 0 amide bonds. The van der Waals surface area contributed by atoms with Crippen LogP contribution in [0, 0.1) is 28.6 Å². The summed E-state index contributed by atoms with van der Waals surface area (Å²) in [5.74, 6) is 0.153. The molecule has 1 aromatic heterocycles. The van der Waals surface area contributed by atoms with Crippen molar-refractivity contribution in [2.24, 2.45) is 28.6 Å². The van der Waals surface area contributed by atoms with Gasteiger partial charge in [0.2, 0.25) is 0 Å². The number of aromatic nitrogens is 1. The van der Waals surface area contributed by atoms with Crippen molar-refractivity contribution in [1.29, 1.82) is 0 Å². The number of ketones is 2. The summed E-state index contributed by atoms with van der Waals surface area (Å²) in [6, 6.07) is 5.51. The molecule has 2 aromatic rings. The van der Waals surface area contributed by atoms with E-state index < -0.39 is 29.0 Å². The number of carbonyl (C=O) groups excluding carboxylic acids is 2. The third kappa shape index (κ3) is 3.96.